The molecule has 1 atom stereocenters. The summed E-state index contributed by atoms with van der Waals surface area (Å²) in [5, 5.41) is 2.99. The zero-order valence-corrected chi connectivity index (χ0v) is 9.61. The molecule has 1 rings (SSSR count). The molecule has 90 valence electrons. The highest BCUT2D eigenvalue weighted by atomic mass is 32.2. The van der Waals surface area contributed by atoms with E-state index in [1.165, 1.54) is 0 Å². The molecule has 0 spiro atoms. The van der Waals surface area contributed by atoms with Gasteiger partial charge in [0.25, 0.3) is 0 Å². The maximum absolute atomic E-state index is 11.8. The van der Waals surface area contributed by atoms with Gasteiger partial charge < -0.3 is 5.32 Å². The van der Waals surface area contributed by atoms with E-state index in [4.69, 9.17) is 0 Å². The van der Waals surface area contributed by atoms with Gasteiger partial charge in [-0.15, -0.1) is 0 Å². The predicted octanol–water partition coefficient (Wildman–Crippen LogP) is 2.99. The first kappa shape index (κ1) is 13.3. The molecule has 0 aliphatic rings. The molecule has 0 amide bonds. The molecule has 1 aromatic heterocycles. The van der Waals surface area contributed by atoms with Crippen LogP contribution in [0.25, 0.3) is 0 Å². The molecule has 0 fully saturated rings. The Morgan fingerprint density at radius 2 is 2.19 bits per heavy atom. The number of aromatic nitrogens is 1. The van der Waals surface area contributed by atoms with E-state index < -0.39 is 5.51 Å². The van der Waals surface area contributed by atoms with Crippen LogP contribution in [0.1, 0.15) is 18.7 Å². The van der Waals surface area contributed by atoms with Crippen LogP contribution in [0.5, 0.6) is 0 Å². The molecule has 0 radical (unpaired) electrons. The van der Waals surface area contributed by atoms with Crippen LogP contribution < -0.4 is 5.32 Å². The number of rotatable bonds is 5. The molecular weight excluding hydrogens is 237 g/mol. The molecule has 0 saturated carbocycles. The third-order valence-corrected chi connectivity index (χ3v) is 2.69. The summed E-state index contributed by atoms with van der Waals surface area (Å²) in [4.78, 5) is 4.11. The van der Waals surface area contributed by atoms with Crippen molar-refractivity contribution >= 4 is 11.8 Å². The van der Waals surface area contributed by atoms with Gasteiger partial charge in [0.05, 0.1) is 5.69 Å². The maximum Gasteiger partial charge on any atom is 0.441 e. The van der Waals surface area contributed by atoms with Gasteiger partial charge in [0.15, 0.2) is 0 Å². The van der Waals surface area contributed by atoms with Crippen molar-refractivity contribution < 1.29 is 13.2 Å². The van der Waals surface area contributed by atoms with E-state index in [0.29, 0.717) is 6.54 Å². The van der Waals surface area contributed by atoms with Crippen molar-refractivity contribution in [1.29, 1.82) is 0 Å². The molecule has 0 unspecified atom stereocenters. The molecule has 0 aromatic carbocycles. The Morgan fingerprint density at radius 3 is 2.75 bits per heavy atom. The third kappa shape index (κ3) is 5.37. The summed E-state index contributed by atoms with van der Waals surface area (Å²) in [5.41, 5.74) is -3.31. The minimum Gasteiger partial charge on any atom is -0.308 e. The third-order valence-electron chi connectivity index (χ3n) is 1.95. The normalized spacial score (nSPS) is 13.8. The van der Waals surface area contributed by atoms with Gasteiger partial charge in [-0.25, -0.2) is 0 Å². The quantitative estimate of drug-likeness (QED) is 0.813. The first-order valence-electron chi connectivity index (χ1n) is 4.84. The number of halogens is 3. The minimum atomic E-state index is -4.14. The second-order valence-corrected chi connectivity index (χ2v) is 4.38. The predicted molar refractivity (Wildman–Crippen MR) is 59.2 cm³/mol. The number of hydrogen-bond donors (Lipinski definition) is 1. The van der Waals surface area contributed by atoms with E-state index in [1.54, 1.807) is 12.3 Å². The molecule has 1 N–H and O–H groups in total. The summed E-state index contributed by atoms with van der Waals surface area (Å²) in [6, 6.07) is 5.46. The van der Waals surface area contributed by atoms with Crippen LogP contribution in [-0.4, -0.2) is 22.8 Å². The lowest BCUT2D eigenvalue weighted by Gasteiger charge is -2.13. The standard InChI is InChI=1S/C10H13F3N2S/c1-8(9-4-2-3-5-15-9)14-6-7-16-10(11,12)13/h2-5,8,14H,6-7H2,1H3/t8-/m0/s1. The lowest BCUT2D eigenvalue weighted by Crippen LogP contribution is -2.23. The molecule has 0 aliphatic heterocycles. The smallest absolute Gasteiger partial charge is 0.308 e. The molecule has 16 heavy (non-hydrogen) atoms. The molecule has 1 aromatic rings. The number of alkyl halides is 3. The Kier molecular flexibility index (Phi) is 5.08. The van der Waals surface area contributed by atoms with E-state index in [0.717, 1.165) is 5.69 Å². The Hall–Kier alpha value is -0.750. The summed E-state index contributed by atoms with van der Waals surface area (Å²) in [6.07, 6.45) is 1.66. The van der Waals surface area contributed by atoms with E-state index >= 15 is 0 Å². The first-order valence-corrected chi connectivity index (χ1v) is 5.82. The topological polar surface area (TPSA) is 24.9 Å². The highest BCUT2D eigenvalue weighted by molar-refractivity contribution is 8.00. The fourth-order valence-electron chi connectivity index (χ4n) is 1.18. The molecule has 1 heterocycles. The molecule has 6 heteroatoms. The van der Waals surface area contributed by atoms with E-state index in [-0.39, 0.29) is 23.6 Å². The summed E-state index contributed by atoms with van der Waals surface area (Å²) >= 11 is -0.0122. The lowest BCUT2D eigenvalue weighted by molar-refractivity contribution is -0.0327. The Balaban J connectivity index is 2.24. The van der Waals surface area contributed by atoms with Crippen LogP contribution in [0.2, 0.25) is 0 Å². The second kappa shape index (κ2) is 6.10. The number of nitrogens with zero attached hydrogens (tertiary/aromatic N) is 1. The van der Waals surface area contributed by atoms with Crippen LogP contribution in [0, 0.1) is 0 Å². The van der Waals surface area contributed by atoms with Gasteiger partial charge in [-0.1, -0.05) is 6.07 Å². The minimum absolute atomic E-state index is 0.0122. The van der Waals surface area contributed by atoms with Gasteiger partial charge >= 0.3 is 5.51 Å². The maximum atomic E-state index is 11.8. The number of thioether (sulfide) groups is 1. The molecule has 0 bridgehead atoms. The SMILES string of the molecule is C[C@H](NCCSC(F)(F)F)c1ccccn1. The van der Waals surface area contributed by atoms with Crippen molar-refractivity contribution in [3.63, 3.8) is 0 Å². The van der Waals surface area contributed by atoms with Gasteiger partial charge in [-0.3, -0.25) is 4.98 Å². The second-order valence-electron chi connectivity index (χ2n) is 3.22. The van der Waals surface area contributed by atoms with E-state index in [1.807, 2.05) is 19.1 Å². The average Bonchev–Trinajstić information content (AvgIpc) is 2.24. The van der Waals surface area contributed by atoms with Gasteiger partial charge in [0.2, 0.25) is 0 Å². The molecule has 2 nitrogen and oxygen atoms in total. The zero-order chi connectivity index (χ0) is 12.0. The van der Waals surface area contributed by atoms with Crippen LogP contribution in [0.3, 0.4) is 0 Å². The van der Waals surface area contributed by atoms with E-state index in [2.05, 4.69) is 10.3 Å². The zero-order valence-electron chi connectivity index (χ0n) is 8.79. The number of nitrogens with one attached hydrogen (secondary N) is 1. The van der Waals surface area contributed by atoms with Crippen LogP contribution >= 0.6 is 11.8 Å². The van der Waals surface area contributed by atoms with Gasteiger partial charge in [-0.2, -0.15) is 13.2 Å². The Labute approximate surface area is 96.6 Å². The summed E-state index contributed by atoms with van der Waals surface area (Å²) in [5.74, 6) is 0.0146. The van der Waals surface area contributed by atoms with Crippen molar-refractivity contribution in [3.8, 4) is 0 Å². The van der Waals surface area contributed by atoms with Crippen molar-refractivity contribution in [2.75, 3.05) is 12.3 Å². The van der Waals surface area contributed by atoms with Crippen LogP contribution in [0.4, 0.5) is 13.2 Å². The van der Waals surface area contributed by atoms with Crippen molar-refractivity contribution in [1.82, 2.24) is 10.3 Å². The van der Waals surface area contributed by atoms with Gasteiger partial charge in [0, 0.05) is 24.5 Å². The van der Waals surface area contributed by atoms with Crippen molar-refractivity contribution in [2.45, 2.75) is 18.5 Å². The number of pyridine rings is 1. The van der Waals surface area contributed by atoms with Crippen LogP contribution in [0.15, 0.2) is 24.4 Å². The number of hydrogen-bond acceptors (Lipinski definition) is 3. The van der Waals surface area contributed by atoms with Gasteiger partial charge in [0.1, 0.15) is 0 Å². The molecule has 0 aliphatic carbocycles. The Morgan fingerprint density at radius 1 is 1.44 bits per heavy atom. The van der Waals surface area contributed by atoms with Crippen molar-refractivity contribution in [3.05, 3.63) is 30.1 Å². The highest BCUT2D eigenvalue weighted by Gasteiger charge is 2.27. The van der Waals surface area contributed by atoms with Crippen molar-refractivity contribution in [2.24, 2.45) is 0 Å². The average molecular weight is 250 g/mol. The largest absolute Gasteiger partial charge is 0.441 e. The van der Waals surface area contributed by atoms with E-state index in [9.17, 15) is 13.2 Å². The summed E-state index contributed by atoms with van der Waals surface area (Å²) in [7, 11) is 0. The summed E-state index contributed by atoms with van der Waals surface area (Å²) < 4.78 is 35.5. The summed E-state index contributed by atoms with van der Waals surface area (Å²) in [6.45, 7) is 2.18. The van der Waals surface area contributed by atoms with Crippen LogP contribution in [-0.2, 0) is 0 Å². The molecule has 0 saturated heterocycles. The Bertz CT molecular complexity index is 303. The lowest BCUT2D eigenvalue weighted by atomic mass is 10.2. The fraction of sp³-hybridized carbons (Fsp3) is 0.500. The fourth-order valence-corrected chi connectivity index (χ4v) is 1.63. The van der Waals surface area contributed by atoms with Gasteiger partial charge in [-0.05, 0) is 30.8 Å². The highest BCUT2D eigenvalue weighted by Crippen LogP contribution is 2.29. The monoisotopic (exact) mass is 250 g/mol. The molecular formula is C10H13F3N2S. The first-order chi connectivity index (χ1) is 7.49.